The first-order chi connectivity index (χ1) is 12.1. The number of hydrogen-bond donors (Lipinski definition) is 2. The van der Waals surface area contributed by atoms with Gasteiger partial charge < -0.3 is 15.8 Å². The molecular weight excluding hydrogens is 312 g/mol. The smallest absolute Gasteiger partial charge is 0.328 e. The van der Waals surface area contributed by atoms with Crippen LogP contribution < -0.4 is 15.8 Å². The van der Waals surface area contributed by atoms with Gasteiger partial charge in [0.25, 0.3) is 0 Å². The maximum Gasteiger partial charge on any atom is 0.328 e. The molecule has 136 valence electrons. The molecule has 0 spiro atoms. The summed E-state index contributed by atoms with van der Waals surface area (Å²) in [6.07, 6.45) is 9.16. The number of ether oxygens (including phenoxy) is 1. The number of nitrogens with two attached hydrogens (primary N) is 1. The average Bonchev–Trinajstić information content (AvgIpc) is 3.14. The summed E-state index contributed by atoms with van der Waals surface area (Å²) in [7, 11) is 0. The van der Waals surface area contributed by atoms with Crippen LogP contribution in [-0.2, 0) is 16.6 Å². The van der Waals surface area contributed by atoms with Crippen LogP contribution in [0.1, 0.15) is 63.0 Å². The quantitative estimate of drug-likeness (QED) is 0.640. The molecule has 25 heavy (non-hydrogen) atoms. The normalized spacial score (nSPS) is 34.7. The Morgan fingerprint density at radius 3 is 2.92 bits per heavy atom. The number of nitrogens with one attached hydrogen (secondary N) is 1. The predicted octanol–water partition coefficient (Wildman–Crippen LogP) is 3.07. The monoisotopic (exact) mass is 342 g/mol. The van der Waals surface area contributed by atoms with E-state index < -0.39 is 0 Å². The van der Waals surface area contributed by atoms with Gasteiger partial charge in [0.2, 0.25) is 0 Å². The van der Waals surface area contributed by atoms with Crippen LogP contribution in [0.5, 0.6) is 5.75 Å². The van der Waals surface area contributed by atoms with E-state index in [1.165, 1.54) is 36.8 Å². The molecule has 1 saturated carbocycles. The number of carbonyl (C=O) groups excluding carboxylic acids is 1. The number of hydrogen-bond acceptors (Lipinski definition) is 4. The molecule has 1 heterocycles. The Balaban J connectivity index is 1.62. The van der Waals surface area contributed by atoms with Crippen LogP contribution in [0.2, 0.25) is 0 Å². The molecule has 2 fully saturated rings. The number of benzene rings is 1. The van der Waals surface area contributed by atoms with E-state index in [1.807, 2.05) is 6.07 Å². The maximum absolute atomic E-state index is 12.3. The third kappa shape index (κ3) is 3.11. The number of carbonyl (C=O) groups is 1. The highest BCUT2D eigenvalue weighted by molar-refractivity contribution is 5.78. The van der Waals surface area contributed by atoms with Crippen LogP contribution >= 0.6 is 0 Å². The molecule has 1 aliphatic heterocycles. The zero-order chi connectivity index (χ0) is 17.4. The van der Waals surface area contributed by atoms with Crippen molar-refractivity contribution in [3.63, 3.8) is 0 Å². The summed E-state index contributed by atoms with van der Waals surface area (Å²) in [5.41, 5.74) is 9.43. The first-order valence-electron chi connectivity index (χ1n) is 9.92. The van der Waals surface area contributed by atoms with Gasteiger partial charge in [-0.1, -0.05) is 32.3 Å². The van der Waals surface area contributed by atoms with Crippen LogP contribution in [0.3, 0.4) is 0 Å². The first kappa shape index (κ1) is 17.0. The molecule has 4 rings (SSSR count). The highest BCUT2D eigenvalue weighted by atomic mass is 16.5. The highest BCUT2D eigenvalue weighted by Gasteiger charge is 2.43. The van der Waals surface area contributed by atoms with Crippen LogP contribution in [-0.4, -0.2) is 24.6 Å². The Kier molecular flexibility index (Phi) is 4.59. The van der Waals surface area contributed by atoms with Gasteiger partial charge in [-0.25, -0.2) is 4.79 Å². The molecule has 1 saturated heterocycles. The molecule has 3 aliphatic rings. The molecule has 1 aromatic rings. The molecule has 3 N–H and O–H groups in total. The van der Waals surface area contributed by atoms with Gasteiger partial charge >= 0.3 is 5.97 Å². The van der Waals surface area contributed by atoms with Gasteiger partial charge in [-0.05, 0) is 67.8 Å². The van der Waals surface area contributed by atoms with Crippen molar-refractivity contribution in [1.82, 2.24) is 5.32 Å². The summed E-state index contributed by atoms with van der Waals surface area (Å²) in [4.78, 5) is 12.3. The van der Waals surface area contributed by atoms with E-state index >= 15 is 0 Å². The second-order valence-electron chi connectivity index (χ2n) is 8.40. The van der Waals surface area contributed by atoms with Crippen LogP contribution in [0, 0.1) is 5.92 Å². The Bertz CT molecular complexity index is 653. The first-order valence-corrected chi connectivity index (χ1v) is 9.92. The van der Waals surface area contributed by atoms with Crippen molar-refractivity contribution >= 4 is 5.97 Å². The summed E-state index contributed by atoms with van der Waals surface area (Å²) in [5.74, 6) is 1.10. The molecule has 4 heteroatoms. The Morgan fingerprint density at radius 2 is 2.12 bits per heavy atom. The number of esters is 1. The second kappa shape index (κ2) is 6.73. The summed E-state index contributed by atoms with van der Waals surface area (Å²) in [6, 6.07) is 6.27. The lowest BCUT2D eigenvalue weighted by atomic mass is 9.60. The van der Waals surface area contributed by atoms with Gasteiger partial charge in [0, 0.05) is 11.5 Å². The van der Waals surface area contributed by atoms with E-state index in [-0.39, 0.29) is 23.5 Å². The van der Waals surface area contributed by atoms with Gasteiger partial charge in [-0.3, -0.25) is 0 Å². The van der Waals surface area contributed by atoms with Crippen molar-refractivity contribution in [1.29, 1.82) is 0 Å². The molecule has 4 nitrogen and oxygen atoms in total. The lowest BCUT2D eigenvalue weighted by Crippen LogP contribution is -2.52. The molecule has 0 aromatic heterocycles. The topological polar surface area (TPSA) is 64.3 Å². The van der Waals surface area contributed by atoms with Gasteiger partial charge in [0.05, 0.1) is 0 Å². The average molecular weight is 342 g/mol. The van der Waals surface area contributed by atoms with E-state index in [9.17, 15) is 4.79 Å². The number of rotatable bonds is 2. The summed E-state index contributed by atoms with van der Waals surface area (Å²) < 4.78 is 5.70. The van der Waals surface area contributed by atoms with Crippen molar-refractivity contribution in [2.24, 2.45) is 11.7 Å². The van der Waals surface area contributed by atoms with Gasteiger partial charge in [-0.15, -0.1) is 0 Å². The summed E-state index contributed by atoms with van der Waals surface area (Å²) in [5, 5.41) is 3.21. The summed E-state index contributed by atoms with van der Waals surface area (Å²) >= 11 is 0. The van der Waals surface area contributed by atoms with E-state index in [1.54, 1.807) is 0 Å². The van der Waals surface area contributed by atoms with Crippen molar-refractivity contribution in [2.45, 2.75) is 75.8 Å². The lowest BCUT2D eigenvalue weighted by molar-refractivity contribution is -0.136. The molecule has 1 unspecified atom stereocenters. The minimum atomic E-state index is -0.154. The fraction of sp³-hybridized carbons (Fsp3) is 0.667. The van der Waals surface area contributed by atoms with Crippen LogP contribution in [0.25, 0.3) is 0 Å². The SMILES string of the molecule is C[C@@]12CCCCC[C@@H](Cc3ccc(OC(=O)C4CCCN4)cc31)[C@@H]2N. The fourth-order valence-corrected chi connectivity index (χ4v) is 5.17. The second-order valence-corrected chi connectivity index (χ2v) is 8.40. The van der Waals surface area contributed by atoms with Crippen LogP contribution in [0.4, 0.5) is 0 Å². The maximum atomic E-state index is 12.3. The highest BCUT2D eigenvalue weighted by Crippen LogP contribution is 2.46. The fourth-order valence-electron chi connectivity index (χ4n) is 5.17. The molecule has 2 aliphatic carbocycles. The number of fused-ring (bicyclic) bond motifs is 4. The third-order valence-electron chi connectivity index (χ3n) is 6.76. The van der Waals surface area contributed by atoms with Crippen molar-refractivity contribution in [3.8, 4) is 5.75 Å². The Hall–Kier alpha value is -1.39. The zero-order valence-electron chi connectivity index (χ0n) is 15.2. The zero-order valence-corrected chi connectivity index (χ0v) is 15.2. The molecule has 0 radical (unpaired) electrons. The van der Waals surface area contributed by atoms with Crippen molar-refractivity contribution in [3.05, 3.63) is 29.3 Å². The molecular formula is C21H30N2O2. The van der Waals surface area contributed by atoms with Crippen molar-refractivity contribution < 1.29 is 9.53 Å². The minimum absolute atomic E-state index is 0.00725. The van der Waals surface area contributed by atoms with E-state index in [0.29, 0.717) is 11.7 Å². The largest absolute Gasteiger partial charge is 0.425 e. The third-order valence-corrected chi connectivity index (χ3v) is 6.76. The Morgan fingerprint density at radius 1 is 1.24 bits per heavy atom. The van der Waals surface area contributed by atoms with Crippen molar-refractivity contribution in [2.75, 3.05) is 6.54 Å². The van der Waals surface area contributed by atoms with Gasteiger partial charge in [0.15, 0.2) is 0 Å². The predicted molar refractivity (Wildman–Crippen MR) is 98.7 cm³/mol. The van der Waals surface area contributed by atoms with Gasteiger partial charge in [0.1, 0.15) is 11.8 Å². The van der Waals surface area contributed by atoms with E-state index in [2.05, 4.69) is 24.4 Å². The lowest BCUT2D eigenvalue weighted by Gasteiger charge is -2.47. The Labute approximate surface area is 150 Å². The van der Waals surface area contributed by atoms with Crippen LogP contribution in [0.15, 0.2) is 18.2 Å². The van der Waals surface area contributed by atoms with Gasteiger partial charge in [-0.2, -0.15) is 0 Å². The standard InChI is InChI=1S/C21H30N2O2/c1-21-10-4-2-3-6-15(19(21)22)12-14-8-9-16(13-17(14)21)25-20(24)18-7-5-11-23-18/h8-9,13,15,18-19,23H,2-7,10-12,22H2,1H3/t15-,18?,19-,21+/m0/s1. The minimum Gasteiger partial charge on any atom is -0.425 e. The molecule has 2 bridgehead atoms. The van der Waals surface area contributed by atoms with E-state index in [0.717, 1.165) is 32.2 Å². The van der Waals surface area contributed by atoms with E-state index in [4.69, 9.17) is 10.5 Å². The summed E-state index contributed by atoms with van der Waals surface area (Å²) in [6.45, 7) is 3.22. The molecule has 0 amide bonds. The molecule has 4 atom stereocenters. The molecule has 1 aromatic carbocycles.